The third-order valence-electron chi connectivity index (χ3n) is 7.73. The van der Waals surface area contributed by atoms with Gasteiger partial charge in [-0.3, -0.25) is 14.5 Å². The van der Waals surface area contributed by atoms with Crippen LogP contribution in [-0.4, -0.2) is 60.4 Å². The van der Waals surface area contributed by atoms with Crippen LogP contribution < -0.4 is 15.0 Å². The number of nitrogens with zero attached hydrogens (tertiary/aromatic N) is 3. The minimum Gasteiger partial charge on any atom is -0.464 e. The largest absolute Gasteiger partial charge is 0.464 e. The summed E-state index contributed by atoms with van der Waals surface area (Å²) in [6, 6.07) is 5.70. The standard InChI is InChI=1S/C27H34F2N4O3S/c1-27(28,29)16-36-26-31-21-15-33(13-11-23(21)37-26)12-10-17-6-8-18(9-7-17)30-25(35)19-4-3-5-22-20(19)14-24(34)32(22)2/h3-5,17-18H,6-16H2,1-2H3,(H,30,35). The van der Waals surface area contributed by atoms with Crippen molar-refractivity contribution >= 4 is 28.8 Å². The first-order valence-electron chi connectivity index (χ1n) is 13.1. The van der Waals surface area contributed by atoms with E-state index in [4.69, 9.17) is 4.74 Å². The van der Waals surface area contributed by atoms with Crippen molar-refractivity contribution in [1.82, 2.24) is 15.2 Å². The van der Waals surface area contributed by atoms with Crippen LogP contribution in [0.2, 0.25) is 0 Å². The van der Waals surface area contributed by atoms with Crippen LogP contribution in [0.15, 0.2) is 18.2 Å². The Morgan fingerprint density at radius 3 is 2.81 bits per heavy atom. The molecule has 37 heavy (non-hydrogen) atoms. The highest BCUT2D eigenvalue weighted by Gasteiger charge is 2.30. The number of hydrogen-bond donors (Lipinski definition) is 1. The molecule has 3 aliphatic rings. The van der Waals surface area contributed by atoms with Crippen LogP contribution in [-0.2, 0) is 24.2 Å². The fraction of sp³-hybridized carbons (Fsp3) is 0.593. The lowest BCUT2D eigenvalue weighted by molar-refractivity contribution is -0.117. The minimum atomic E-state index is -2.86. The zero-order chi connectivity index (χ0) is 26.2. The number of halogens is 2. The maximum atomic E-state index is 13.1. The van der Waals surface area contributed by atoms with E-state index in [0.717, 1.165) is 86.9 Å². The average molecular weight is 533 g/mol. The molecular formula is C27H34F2N4O3S. The van der Waals surface area contributed by atoms with Gasteiger partial charge in [-0.1, -0.05) is 17.4 Å². The van der Waals surface area contributed by atoms with Crippen LogP contribution in [0.1, 0.15) is 65.5 Å². The number of thiazole rings is 1. The fourth-order valence-electron chi connectivity index (χ4n) is 5.59. The molecule has 1 saturated carbocycles. The molecule has 2 aliphatic heterocycles. The molecule has 0 bridgehead atoms. The zero-order valence-electron chi connectivity index (χ0n) is 21.4. The molecule has 1 aromatic heterocycles. The molecule has 1 fully saturated rings. The van der Waals surface area contributed by atoms with Crippen LogP contribution in [0, 0.1) is 5.92 Å². The van der Waals surface area contributed by atoms with E-state index in [1.807, 2.05) is 18.2 Å². The van der Waals surface area contributed by atoms with Gasteiger partial charge < -0.3 is 15.0 Å². The quantitative estimate of drug-likeness (QED) is 0.545. The van der Waals surface area contributed by atoms with Gasteiger partial charge in [0.05, 0.1) is 12.1 Å². The number of benzene rings is 1. The van der Waals surface area contributed by atoms with Crippen molar-refractivity contribution < 1.29 is 23.1 Å². The molecule has 0 unspecified atom stereocenters. The van der Waals surface area contributed by atoms with Crippen LogP contribution >= 0.6 is 11.3 Å². The lowest BCUT2D eigenvalue weighted by Crippen LogP contribution is -2.38. The number of alkyl halides is 2. The van der Waals surface area contributed by atoms with Gasteiger partial charge in [0.25, 0.3) is 17.0 Å². The van der Waals surface area contributed by atoms with E-state index in [-0.39, 0.29) is 24.3 Å². The van der Waals surface area contributed by atoms with E-state index < -0.39 is 12.5 Å². The summed E-state index contributed by atoms with van der Waals surface area (Å²) in [5.41, 5.74) is 3.22. The fourth-order valence-corrected chi connectivity index (χ4v) is 6.49. The van der Waals surface area contributed by atoms with Crippen LogP contribution in [0.5, 0.6) is 5.19 Å². The first kappa shape index (κ1) is 26.0. The van der Waals surface area contributed by atoms with Gasteiger partial charge in [-0.05, 0) is 68.7 Å². The summed E-state index contributed by atoms with van der Waals surface area (Å²) < 4.78 is 31.4. The number of likely N-dealkylation sites (N-methyl/N-ethyl adjacent to an activating group) is 1. The van der Waals surface area contributed by atoms with E-state index in [0.29, 0.717) is 16.7 Å². The smallest absolute Gasteiger partial charge is 0.278 e. The van der Waals surface area contributed by atoms with Gasteiger partial charge in [0.15, 0.2) is 6.61 Å². The summed E-state index contributed by atoms with van der Waals surface area (Å²) in [5, 5.41) is 3.55. The second-order valence-corrected chi connectivity index (χ2v) is 11.7. The summed E-state index contributed by atoms with van der Waals surface area (Å²) in [6.07, 6.45) is 6.35. The zero-order valence-corrected chi connectivity index (χ0v) is 22.2. The van der Waals surface area contributed by atoms with Crippen molar-refractivity contribution in [2.45, 2.75) is 70.4 Å². The molecule has 10 heteroatoms. The Morgan fingerprint density at radius 1 is 1.27 bits per heavy atom. The summed E-state index contributed by atoms with van der Waals surface area (Å²) in [6.45, 7) is 2.88. The molecule has 0 atom stereocenters. The van der Waals surface area contributed by atoms with Crippen LogP contribution in [0.4, 0.5) is 14.5 Å². The Kier molecular flexibility index (Phi) is 7.49. The highest BCUT2D eigenvalue weighted by atomic mass is 32.1. The topological polar surface area (TPSA) is 74.8 Å². The van der Waals surface area contributed by atoms with Crippen molar-refractivity contribution in [2.75, 3.05) is 31.6 Å². The second kappa shape index (κ2) is 10.6. The third-order valence-corrected chi connectivity index (χ3v) is 8.80. The van der Waals surface area contributed by atoms with E-state index in [1.165, 1.54) is 11.3 Å². The predicted octanol–water partition coefficient (Wildman–Crippen LogP) is 4.43. The summed E-state index contributed by atoms with van der Waals surface area (Å²) in [7, 11) is 1.75. The van der Waals surface area contributed by atoms with Gasteiger partial charge >= 0.3 is 0 Å². The highest BCUT2D eigenvalue weighted by molar-refractivity contribution is 7.13. The normalized spacial score (nSPS) is 22.1. The number of carbonyl (C=O) groups excluding carboxylic acids is 2. The number of ether oxygens (including phenoxy) is 1. The summed E-state index contributed by atoms with van der Waals surface area (Å²) in [5.74, 6) is -2.30. The SMILES string of the molecule is CN1C(=O)Cc2c(C(=O)NC3CCC(CCN4CCc5sc(OCC(C)(F)F)nc5C4)CC3)cccc21. The number of nitrogens with one attached hydrogen (secondary N) is 1. The van der Waals surface area contributed by atoms with Crippen LogP contribution in [0.3, 0.4) is 0 Å². The number of carbonyl (C=O) groups is 2. The van der Waals surface area contributed by atoms with Gasteiger partial charge in [-0.15, -0.1) is 0 Å². The number of hydrogen-bond acceptors (Lipinski definition) is 6. The monoisotopic (exact) mass is 532 g/mol. The van der Waals surface area contributed by atoms with Gasteiger partial charge in [-0.2, -0.15) is 0 Å². The molecule has 0 spiro atoms. The molecule has 5 rings (SSSR count). The molecule has 0 saturated heterocycles. The van der Waals surface area contributed by atoms with Crippen molar-refractivity contribution in [2.24, 2.45) is 5.92 Å². The van der Waals surface area contributed by atoms with Crippen molar-refractivity contribution in [3.8, 4) is 5.19 Å². The maximum absolute atomic E-state index is 13.1. The first-order chi connectivity index (χ1) is 17.7. The predicted molar refractivity (Wildman–Crippen MR) is 139 cm³/mol. The Labute approximate surface area is 220 Å². The highest BCUT2D eigenvalue weighted by Crippen LogP contribution is 2.33. The molecular weight excluding hydrogens is 498 g/mol. The third kappa shape index (κ3) is 6.12. The number of rotatable bonds is 8. The first-order valence-corrected chi connectivity index (χ1v) is 13.9. The van der Waals surface area contributed by atoms with Crippen molar-refractivity contribution in [3.63, 3.8) is 0 Å². The molecule has 2 aromatic rings. The maximum Gasteiger partial charge on any atom is 0.278 e. The Bertz CT molecular complexity index is 1160. The van der Waals surface area contributed by atoms with Gasteiger partial charge in [0.2, 0.25) is 5.91 Å². The number of anilines is 1. The van der Waals surface area contributed by atoms with E-state index in [1.54, 1.807) is 11.9 Å². The summed E-state index contributed by atoms with van der Waals surface area (Å²) >= 11 is 1.39. The molecule has 1 aliphatic carbocycles. The van der Waals surface area contributed by atoms with Crippen molar-refractivity contribution in [1.29, 1.82) is 0 Å². The molecule has 1 N–H and O–H groups in total. The Morgan fingerprint density at radius 2 is 2.05 bits per heavy atom. The number of aromatic nitrogens is 1. The molecule has 1 aromatic carbocycles. The van der Waals surface area contributed by atoms with Crippen LogP contribution in [0.25, 0.3) is 0 Å². The second-order valence-electron chi connectivity index (χ2n) is 10.6. The average Bonchev–Trinajstić information content (AvgIpc) is 3.41. The lowest BCUT2D eigenvalue weighted by atomic mass is 9.83. The lowest BCUT2D eigenvalue weighted by Gasteiger charge is -2.32. The molecule has 0 radical (unpaired) electrons. The van der Waals surface area contributed by atoms with Gasteiger partial charge in [0.1, 0.15) is 0 Å². The van der Waals surface area contributed by atoms with E-state index in [9.17, 15) is 18.4 Å². The Balaban J connectivity index is 1.06. The number of amides is 2. The number of fused-ring (bicyclic) bond motifs is 2. The van der Waals surface area contributed by atoms with E-state index >= 15 is 0 Å². The van der Waals surface area contributed by atoms with Crippen molar-refractivity contribution in [3.05, 3.63) is 39.9 Å². The summed E-state index contributed by atoms with van der Waals surface area (Å²) in [4.78, 5) is 34.7. The molecule has 2 amide bonds. The van der Waals surface area contributed by atoms with Gasteiger partial charge in [0, 0.05) is 49.2 Å². The minimum absolute atomic E-state index is 0.0189. The Hall–Kier alpha value is -2.59. The molecule has 7 nitrogen and oxygen atoms in total. The molecule has 3 heterocycles. The van der Waals surface area contributed by atoms with E-state index in [2.05, 4.69) is 15.2 Å². The van der Waals surface area contributed by atoms with Gasteiger partial charge in [-0.25, -0.2) is 13.8 Å². The molecule has 200 valence electrons.